The molecule has 0 aliphatic heterocycles. The summed E-state index contributed by atoms with van der Waals surface area (Å²) >= 11 is 1.58. The lowest BCUT2D eigenvalue weighted by Crippen LogP contribution is -2.18. The van der Waals surface area contributed by atoms with E-state index in [0.717, 1.165) is 16.3 Å². The lowest BCUT2D eigenvalue weighted by Gasteiger charge is -2.10. The molecule has 0 aliphatic rings. The molecule has 1 amide bonds. The average molecular weight is 349 g/mol. The molecule has 1 aromatic heterocycles. The van der Waals surface area contributed by atoms with Crippen molar-refractivity contribution in [3.63, 3.8) is 0 Å². The van der Waals surface area contributed by atoms with Gasteiger partial charge in [-0.3, -0.25) is 0 Å². The molecule has 0 saturated carbocycles. The first-order valence-electron chi connectivity index (χ1n) is 7.30. The Balaban J connectivity index is 1.98. The van der Waals surface area contributed by atoms with Crippen LogP contribution in [0.5, 0.6) is 11.5 Å². The van der Waals surface area contributed by atoms with E-state index in [1.54, 1.807) is 43.6 Å². The molecule has 1 heterocycles. The Hall–Kier alpha value is -2.61. The Morgan fingerprint density at radius 2 is 2.25 bits per heavy atom. The summed E-state index contributed by atoms with van der Waals surface area (Å²) < 4.78 is 15.8. The molecule has 0 fully saturated rings. The quantitative estimate of drug-likeness (QED) is 0.613. The van der Waals surface area contributed by atoms with E-state index in [1.165, 1.54) is 6.21 Å². The van der Waals surface area contributed by atoms with Gasteiger partial charge < -0.3 is 14.2 Å². The van der Waals surface area contributed by atoms with Crippen molar-refractivity contribution in [2.24, 2.45) is 5.10 Å². The number of aryl methyl sites for hydroxylation is 1. The van der Waals surface area contributed by atoms with Crippen LogP contribution in [0.1, 0.15) is 23.2 Å². The maximum Gasteiger partial charge on any atom is 0.427 e. The average Bonchev–Trinajstić information content (AvgIpc) is 2.99. The minimum Gasteiger partial charge on any atom is -0.493 e. The number of aromatic nitrogens is 1. The molecule has 0 unspecified atom stereocenters. The standard InChI is InChI=1S/C16H19N3O4S/c1-4-22-16(20)19-17-8-12-5-6-14(15(7-12)21-3)23-9-13-10-24-11(2)18-13/h5-8,10H,4,9H2,1-3H3,(H,19,20)/b17-8-. The fourth-order valence-corrected chi connectivity index (χ4v) is 2.43. The molecule has 0 radical (unpaired) electrons. The first kappa shape index (κ1) is 17.7. The highest BCUT2D eigenvalue weighted by atomic mass is 32.1. The summed E-state index contributed by atoms with van der Waals surface area (Å²) in [6.45, 7) is 4.34. The number of benzene rings is 1. The van der Waals surface area contributed by atoms with Crippen molar-refractivity contribution < 1.29 is 19.0 Å². The van der Waals surface area contributed by atoms with Crippen molar-refractivity contribution in [3.05, 3.63) is 39.8 Å². The lowest BCUT2D eigenvalue weighted by molar-refractivity contribution is 0.152. The third-order valence-electron chi connectivity index (χ3n) is 2.87. The molecule has 2 aromatic rings. The Bertz CT molecular complexity index is 715. The zero-order chi connectivity index (χ0) is 17.4. The number of carbonyl (C=O) groups is 1. The molecule has 1 N–H and O–H groups in total. The third kappa shape index (κ3) is 5.24. The molecule has 7 nitrogen and oxygen atoms in total. The zero-order valence-electron chi connectivity index (χ0n) is 13.7. The highest BCUT2D eigenvalue weighted by Crippen LogP contribution is 2.28. The van der Waals surface area contributed by atoms with Gasteiger partial charge in [-0.05, 0) is 37.6 Å². The van der Waals surface area contributed by atoms with Crippen LogP contribution in [0.4, 0.5) is 4.79 Å². The van der Waals surface area contributed by atoms with Gasteiger partial charge in [-0.2, -0.15) is 5.10 Å². The van der Waals surface area contributed by atoms with E-state index in [-0.39, 0.29) is 0 Å². The van der Waals surface area contributed by atoms with Gasteiger partial charge in [0.1, 0.15) is 6.61 Å². The van der Waals surface area contributed by atoms with Crippen LogP contribution in [0.3, 0.4) is 0 Å². The lowest BCUT2D eigenvalue weighted by atomic mass is 10.2. The van der Waals surface area contributed by atoms with Crippen LogP contribution in [-0.2, 0) is 11.3 Å². The molecule has 2 rings (SSSR count). The normalized spacial score (nSPS) is 10.6. The number of ether oxygens (including phenoxy) is 3. The largest absolute Gasteiger partial charge is 0.493 e. The van der Waals surface area contributed by atoms with Crippen molar-refractivity contribution in [2.45, 2.75) is 20.5 Å². The molecule has 0 aliphatic carbocycles. The van der Waals surface area contributed by atoms with E-state index in [0.29, 0.717) is 24.7 Å². The van der Waals surface area contributed by atoms with Crippen molar-refractivity contribution in [1.82, 2.24) is 10.4 Å². The summed E-state index contributed by atoms with van der Waals surface area (Å²) in [5, 5.41) is 6.77. The van der Waals surface area contributed by atoms with Gasteiger partial charge in [0, 0.05) is 5.38 Å². The summed E-state index contributed by atoms with van der Waals surface area (Å²) in [7, 11) is 1.56. The topological polar surface area (TPSA) is 82.0 Å². The highest BCUT2D eigenvalue weighted by Gasteiger charge is 2.07. The summed E-state index contributed by atoms with van der Waals surface area (Å²) in [5.41, 5.74) is 3.89. The zero-order valence-corrected chi connectivity index (χ0v) is 14.6. The minimum absolute atomic E-state index is 0.291. The van der Waals surface area contributed by atoms with Gasteiger partial charge >= 0.3 is 6.09 Å². The van der Waals surface area contributed by atoms with Crippen LogP contribution in [-0.4, -0.2) is 31.0 Å². The van der Waals surface area contributed by atoms with Crippen LogP contribution in [0, 0.1) is 6.92 Å². The second-order valence-electron chi connectivity index (χ2n) is 4.65. The van der Waals surface area contributed by atoms with Crippen LogP contribution in [0.2, 0.25) is 0 Å². The second-order valence-corrected chi connectivity index (χ2v) is 5.71. The molecule has 8 heteroatoms. The van der Waals surface area contributed by atoms with Gasteiger partial charge in [0.25, 0.3) is 0 Å². The maximum atomic E-state index is 11.1. The molecule has 0 spiro atoms. The van der Waals surface area contributed by atoms with Crippen LogP contribution >= 0.6 is 11.3 Å². The number of hydrogen-bond acceptors (Lipinski definition) is 7. The first-order chi connectivity index (χ1) is 11.6. The van der Waals surface area contributed by atoms with Crippen LogP contribution in [0.15, 0.2) is 28.7 Å². The summed E-state index contributed by atoms with van der Waals surface area (Å²) in [4.78, 5) is 15.5. The first-order valence-corrected chi connectivity index (χ1v) is 8.18. The van der Waals surface area contributed by atoms with E-state index in [1.807, 2.05) is 12.3 Å². The number of thiazole rings is 1. The van der Waals surface area contributed by atoms with E-state index >= 15 is 0 Å². The summed E-state index contributed by atoms with van der Waals surface area (Å²) in [6.07, 6.45) is 0.895. The number of hydrogen-bond donors (Lipinski definition) is 1. The fraction of sp³-hybridized carbons (Fsp3) is 0.312. The van der Waals surface area contributed by atoms with Crippen molar-refractivity contribution in [3.8, 4) is 11.5 Å². The molecular formula is C16H19N3O4S. The Morgan fingerprint density at radius 3 is 2.92 bits per heavy atom. The molecule has 128 valence electrons. The van der Waals surface area contributed by atoms with E-state index in [9.17, 15) is 4.79 Å². The predicted octanol–water partition coefficient (Wildman–Crippen LogP) is 3.12. The van der Waals surface area contributed by atoms with Crippen LogP contribution < -0.4 is 14.9 Å². The number of rotatable bonds is 7. The number of nitrogens with zero attached hydrogens (tertiary/aromatic N) is 2. The molecule has 0 bridgehead atoms. The summed E-state index contributed by atoms with van der Waals surface area (Å²) in [5.74, 6) is 1.18. The predicted molar refractivity (Wildman–Crippen MR) is 91.9 cm³/mol. The van der Waals surface area contributed by atoms with Gasteiger partial charge in [0.05, 0.1) is 30.6 Å². The molecule has 24 heavy (non-hydrogen) atoms. The highest BCUT2D eigenvalue weighted by molar-refractivity contribution is 7.09. The number of amides is 1. The van der Waals surface area contributed by atoms with Crippen LogP contribution in [0.25, 0.3) is 0 Å². The Morgan fingerprint density at radius 1 is 1.42 bits per heavy atom. The molecule has 0 saturated heterocycles. The van der Waals surface area contributed by atoms with Gasteiger partial charge in [-0.1, -0.05) is 0 Å². The maximum absolute atomic E-state index is 11.1. The monoisotopic (exact) mass is 349 g/mol. The second kappa shape index (κ2) is 8.88. The van der Waals surface area contributed by atoms with E-state index < -0.39 is 6.09 Å². The molecular weight excluding hydrogens is 330 g/mol. The number of methoxy groups -OCH3 is 1. The number of hydrazone groups is 1. The van der Waals surface area contributed by atoms with Gasteiger partial charge in [-0.25, -0.2) is 15.2 Å². The molecule has 0 atom stereocenters. The Kier molecular flexibility index (Phi) is 6.56. The number of carbonyl (C=O) groups excluding carboxylic acids is 1. The summed E-state index contributed by atoms with van der Waals surface area (Å²) in [6, 6.07) is 5.35. The Labute approximate surface area is 144 Å². The van der Waals surface area contributed by atoms with E-state index in [2.05, 4.69) is 15.5 Å². The van der Waals surface area contributed by atoms with Crippen molar-refractivity contribution >= 4 is 23.6 Å². The van der Waals surface area contributed by atoms with Gasteiger partial charge in [0.2, 0.25) is 0 Å². The van der Waals surface area contributed by atoms with E-state index in [4.69, 9.17) is 14.2 Å². The SMILES string of the molecule is CCOC(=O)N/N=C\c1ccc(OCc2csc(C)n2)c(OC)c1. The smallest absolute Gasteiger partial charge is 0.427 e. The molecule has 1 aromatic carbocycles. The van der Waals surface area contributed by atoms with Crippen molar-refractivity contribution in [2.75, 3.05) is 13.7 Å². The third-order valence-corrected chi connectivity index (χ3v) is 3.70. The minimum atomic E-state index is -0.598. The van der Waals surface area contributed by atoms with Gasteiger partial charge in [0.15, 0.2) is 11.5 Å². The van der Waals surface area contributed by atoms with Gasteiger partial charge in [-0.15, -0.1) is 11.3 Å². The fourth-order valence-electron chi connectivity index (χ4n) is 1.83. The van der Waals surface area contributed by atoms with Crippen molar-refractivity contribution in [1.29, 1.82) is 0 Å². The number of nitrogens with one attached hydrogen (secondary N) is 1.